The highest BCUT2D eigenvalue weighted by molar-refractivity contribution is 6.31. The lowest BCUT2D eigenvalue weighted by Gasteiger charge is -2.33. The minimum absolute atomic E-state index is 0.0179. The summed E-state index contributed by atoms with van der Waals surface area (Å²) in [5.41, 5.74) is 14.0. The first kappa shape index (κ1) is 27.5. The molecule has 0 aliphatic carbocycles. The molecule has 0 bridgehead atoms. The van der Waals surface area contributed by atoms with Gasteiger partial charge in [-0.05, 0) is 49.2 Å². The fraction of sp³-hybridized carbons (Fsp3) is 0.233. The van der Waals surface area contributed by atoms with Crippen molar-refractivity contribution in [1.82, 2.24) is 9.97 Å². The van der Waals surface area contributed by atoms with Crippen LogP contribution in [-0.4, -0.2) is 34.9 Å². The van der Waals surface area contributed by atoms with Crippen molar-refractivity contribution in [3.63, 3.8) is 0 Å². The van der Waals surface area contributed by atoms with Crippen molar-refractivity contribution in [3.8, 4) is 17.0 Å². The van der Waals surface area contributed by atoms with Crippen LogP contribution in [0.2, 0.25) is 5.02 Å². The van der Waals surface area contributed by atoms with Crippen LogP contribution >= 0.6 is 11.6 Å². The summed E-state index contributed by atoms with van der Waals surface area (Å²) >= 11 is 6.16. The van der Waals surface area contributed by atoms with E-state index in [2.05, 4.69) is 14.9 Å². The maximum Gasteiger partial charge on any atom is 0.187 e. The van der Waals surface area contributed by atoms with Gasteiger partial charge in [-0.3, -0.25) is 9.78 Å². The zero-order valence-corrected chi connectivity index (χ0v) is 22.4. The van der Waals surface area contributed by atoms with Gasteiger partial charge in [0.05, 0.1) is 16.9 Å². The second-order valence-corrected chi connectivity index (χ2v) is 10.1. The number of aromatic nitrogens is 2. The Morgan fingerprint density at radius 1 is 1.10 bits per heavy atom. The van der Waals surface area contributed by atoms with E-state index in [4.69, 9.17) is 27.8 Å². The predicted molar refractivity (Wildman–Crippen MR) is 151 cm³/mol. The lowest BCUT2D eigenvalue weighted by molar-refractivity contribution is 0.0989. The van der Waals surface area contributed by atoms with Gasteiger partial charge in [0.15, 0.2) is 17.3 Å². The number of anilines is 2. The van der Waals surface area contributed by atoms with Crippen LogP contribution in [0.25, 0.3) is 11.3 Å². The van der Waals surface area contributed by atoms with Gasteiger partial charge in [-0.1, -0.05) is 29.8 Å². The highest BCUT2D eigenvalue weighted by Gasteiger charge is 2.24. The Labute approximate surface area is 235 Å². The second-order valence-electron chi connectivity index (χ2n) is 9.70. The van der Waals surface area contributed by atoms with Crippen molar-refractivity contribution < 1.29 is 18.3 Å². The second kappa shape index (κ2) is 12.0. The topological polar surface area (TPSA) is 107 Å². The van der Waals surface area contributed by atoms with Gasteiger partial charge in [-0.2, -0.15) is 0 Å². The molecular weight excluding hydrogens is 536 g/mol. The van der Waals surface area contributed by atoms with Crippen molar-refractivity contribution in [2.45, 2.75) is 31.9 Å². The number of Topliss-reactive ketones (excluding diaryl/α,β-unsaturated/α-hetero) is 1. The third kappa shape index (κ3) is 5.90. The van der Waals surface area contributed by atoms with Gasteiger partial charge in [0.1, 0.15) is 18.1 Å². The number of nitrogens with two attached hydrogens (primary N) is 2. The minimum atomic E-state index is -0.946. The van der Waals surface area contributed by atoms with E-state index in [0.29, 0.717) is 22.7 Å². The Bertz CT molecular complexity index is 1550. The number of ether oxygens (including phenoxy) is 1. The van der Waals surface area contributed by atoms with Crippen LogP contribution in [0.5, 0.6) is 5.75 Å². The quantitative estimate of drug-likeness (QED) is 0.269. The largest absolute Gasteiger partial charge is 0.486 e. The lowest BCUT2D eigenvalue weighted by atomic mass is 10.0. The van der Waals surface area contributed by atoms with Gasteiger partial charge < -0.3 is 21.1 Å². The van der Waals surface area contributed by atoms with E-state index in [1.807, 2.05) is 6.07 Å². The molecule has 7 nitrogen and oxygen atoms in total. The van der Waals surface area contributed by atoms with Crippen LogP contribution in [0.4, 0.5) is 20.2 Å². The van der Waals surface area contributed by atoms with E-state index in [0.717, 1.165) is 31.1 Å². The molecule has 4 aromatic rings. The molecule has 4 N–H and O–H groups in total. The number of benzene rings is 2. The van der Waals surface area contributed by atoms with Crippen LogP contribution in [0.3, 0.4) is 0 Å². The molecule has 10 heteroatoms. The standard InChI is InChI=1S/C30H28ClF2N5O2/c31-21-6-2-1-4-18(21)17-40-27-10-7-22(32)28(29(27)33)24-9-8-23(35)30(37-24)26(39)14-19-15-36-12-11-25(19)38-13-3-5-20(34)16-38/h1-2,4,6-12,15,20H,3,5,13-14,16-17,34-35H2/t20-/m0/s1. The molecule has 0 spiro atoms. The number of carbonyl (C=O) groups is 1. The first-order valence-electron chi connectivity index (χ1n) is 12.9. The molecule has 5 rings (SSSR count). The number of carbonyl (C=O) groups excluding carboxylic acids is 1. The fourth-order valence-electron chi connectivity index (χ4n) is 4.83. The van der Waals surface area contributed by atoms with E-state index in [-0.39, 0.29) is 41.9 Å². The van der Waals surface area contributed by atoms with Crippen LogP contribution in [-0.2, 0) is 13.0 Å². The van der Waals surface area contributed by atoms with Crippen molar-refractivity contribution in [2.75, 3.05) is 23.7 Å². The fourth-order valence-corrected chi connectivity index (χ4v) is 5.02. The molecule has 3 heterocycles. The average Bonchev–Trinajstić information content (AvgIpc) is 2.94. The van der Waals surface area contributed by atoms with E-state index < -0.39 is 23.0 Å². The van der Waals surface area contributed by atoms with Crippen LogP contribution < -0.4 is 21.1 Å². The van der Waals surface area contributed by atoms with E-state index in [9.17, 15) is 9.18 Å². The number of nitrogen functional groups attached to an aromatic ring is 1. The van der Waals surface area contributed by atoms with Gasteiger partial charge in [0.2, 0.25) is 0 Å². The molecule has 1 fully saturated rings. The van der Waals surface area contributed by atoms with Crippen molar-refractivity contribution in [3.05, 3.63) is 100 Å². The maximum absolute atomic E-state index is 15.5. The first-order chi connectivity index (χ1) is 19.3. The zero-order valence-electron chi connectivity index (χ0n) is 21.6. The third-order valence-corrected chi connectivity index (χ3v) is 7.24. The van der Waals surface area contributed by atoms with Crippen LogP contribution in [0.1, 0.15) is 34.5 Å². The molecule has 1 atom stereocenters. The number of halogens is 3. The van der Waals surface area contributed by atoms with Gasteiger partial charge >= 0.3 is 0 Å². The molecule has 1 saturated heterocycles. The highest BCUT2D eigenvalue weighted by Crippen LogP contribution is 2.33. The number of pyridine rings is 2. The van der Waals surface area contributed by atoms with Crippen LogP contribution in [0.15, 0.2) is 67.0 Å². The summed E-state index contributed by atoms with van der Waals surface area (Å²) in [5, 5.41) is 0.466. The third-order valence-electron chi connectivity index (χ3n) is 6.87. The Balaban J connectivity index is 1.41. The van der Waals surface area contributed by atoms with E-state index >= 15 is 4.39 Å². The summed E-state index contributed by atoms with van der Waals surface area (Å²) in [5.74, 6) is -2.38. The van der Waals surface area contributed by atoms with Gasteiger partial charge in [-0.15, -0.1) is 0 Å². The summed E-state index contributed by atoms with van der Waals surface area (Å²) in [6, 6.07) is 14.0. The molecule has 2 aromatic carbocycles. The smallest absolute Gasteiger partial charge is 0.187 e. The predicted octanol–water partition coefficient (Wildman–Crippen LogP) is 5.59. The Morgan fingerprint density at radius 2 is 1.93 bits per heavy atom. The molecule has 2 aromatic heterocycles. The number of nitrogens with zero attached hydrogens (tertiary/aromatic N) is 3. The van der Waals surface area contributed by atoms with Gasteiger partial charge in [0.25, 0.3) is 0 Å². The van der Waals surface area contributed by atoms with Crippen molar-refractivity contribution >= 4 is 28.8 Å². The minimum Gasteiger partial charge on any atom is -0.486 e. The molecule has 206 valence electrons. The van der Waals surface area contributed by atoms with Gasteiger partial charge in [0, 0.05) is 59.8 Å². The SMILES string of the molecule is Nc1ccc(-c2c(F)ccc(OCc3ccccc3Cl)c2F)nc1C(=O)Cc1cnccc1N1CCC[C@H](N)C1. The molecular formula is C30H28ClF2N5O2. The molecule has 1 aliphatic heterocycles. The molecule has 0 radical (unpaired) electrons. The lowest BCUT2D eigenvalue weighted by Crippen LogP contribution is -2.43. The molecule has 1 aliphatic rings. The van der Waals surface area contributed by atoms with E-state index in [1.54, 1.807) is 36.7 Å². The molecule has 40 heavy (non-hydrogen) atoms. The summed E-state index contributed by atoms with van der Waals surface area (Å²) in [4.78, 5) is 24.0. The summed E-state index contributed by atoms with van der Waals surface area (Å²) in [6.07, 6.45) is 5.16. The van der Waals surface area contributed by atoms with E-state index in [1.165, 1.54) is 18.2 Å². The highest BCUT2D eigenvalue weighted by atomic mass is 35.5. The zero-order chi connectivity index (χ0) is 28.2. The Morgan fingerprint density at radius 3 is 2.73 bits per heavy atom. The number of hydrogen-bond acceptors (Lipinski definition) is 7. The first-order valence-corrected chi connectivity index (χ1v) is 13.3. The normalized spacial score (nSPS) is 15.2. The Kier molecular flexibility index (Phi) is 8.23. The molecule has 0 amide bonds. The number of hydrogen-bond donors (Lipinski definition) is 2. The van der Waals surface area contributed by atoms with Crippen LogP contribution in [0, 0.1) is 11.6 Å². The summed E-state index contributed by atoms with van der Waals surface area (Å²) in [6.45, 7) is 1.48. The maximum atomic E-state index is 15.5. The molecule has 0 unspecified atom stereocenters. The molecule has 0 saturated carbocycles. The summed E-state index contributed by atoms with van der Waals surface area (Å²) < 4.78 is 36.0. The number of rotatable bonds is 8. The monoisotopic (exact) mass is 563 g/mol. The number of piperidine rings is 1. The van der Waals surface area contributed by atoms with Crippen molar-refractivity contribution in [2.24, 2.45) is 5.73 Å². The van der Waals surface area contributed by atoms with Crippen molar-refractivity contribution in [1.29, 1.82) is 0 Å². The van der Waals surface area contributed by atoms with Gasteiger partial charge in [-0.25, -0.2) is 13.8 Å². The Hall–Kier alpha value is -4.08. The number of ketones is 1. The average molecular weight is 564 g/mol. The summed E-state index contributed by atoms with van der Waals surface area (Å²) in [7, 11) is 0.